The standard InChI is InChI=1S/C14H14N4O3S/c1-14(2)8-5-4-7(6-9(8)15-11(14)20)10(19)16-12-17-18-13(21-3)22-12/h4-6H,1-3H3,(H,15,20)(H,16,17,19). The average Bonchev–Trinajstić information content (AvgIpc) is 3.02. The third-order valence-electron chi connectivity index (χ3n) is 3.57. The molecule has 0 unspecified atom stereocenters. The van der Waals surface area contributed by atoms with Crippen LogP contribution in [0.3, 0.4) is 0 Å². The van der Waals surface area contributed by atoms with Crippen LogP contribution in [0.15, 0.2) is 18.2 Å². The van der Waals surface area contributed by atoms with Crippen molar-refractivity contribution >= 4 is 34.0 Å². The van der Waals surface area contributed by atoms with E-state index in [1.165, 1.54) is 7.11 Å². The zero-order chi connectivity index (χ0) is 15.9. The first kappa shape index (κ1) is 14.5. The van der Waals surface area contributed by atoms with Crippen LogP contribution >= 0.6 is 11.3 Å². The molecule has 1 aliphatic rings. The zero-order valence-corrected chi connectivity index (χ0v) is 13.1. The molecule has 0 atom stereocenters. The van der Waals surface area contributed by atoms with Gasteiger partial charge < -0.3 is 10.1 Å². The predicted octanol–water partition coefficient (Wildman–Crippen LogP) is 2.03. The van der Waals surface area contributed by atoms with E-state index in [9.17, 15) is 9.59 Å². The van der Waals surface area contributed by atoms with E-state index < -0.39 is 5.41 Å². The highest BCUT2D eigenvalue weighted by atomic mass is 32.1. The Morgan fingerprint density at radius 2 is 2.14 bits per heavy atom. The molecule has 3 rings (SSSR count). The fraction of sp³-hybridized carbons (Fsp3) is 0.286. The Bertz CT molecular complexity index is 769. The van der Waals surface area contributed by atoms with Gasteiger partial charge in [-0.2, -0.15) is 0 Å². The summed E-state index contributed by atoms with van der Waals surface area (Å²) in [4.78, 5) is 24.1. The van der Waals surface area contributed by atoms with E-state index >= 15 is 0 Å². The third-order valence-corrected chi connectivity index (χ3v) is 4.37. The van der Waals surface area contributed by atoms with Crippen molar-refractivity contribution in [3.05, 3.63) is 29.3 Å². The maximum absolute atomic E-state index is 12.2. The number of anilines is 2. The van der Waals surface area contributed by atoms with Gasteiger partial charge in [-0.25, -0.2) is 0 Å². The van der Waals surface area contributed by atoms with Gasteiger partial charge in [0.1, 0.15) is 0 Å². The minimum Gasteiger partial charge on any atom is -0.472 e. The second kappa shape index (κ2) is 5.06. The van der Waals surface area contributed by atoms with Crippen molar-refractivity contribution in [2.45, 2.75) is 19.3 Å². The highest BCUT2D eigenvalue weighted by Crippen LogP contribution is 2.37. The molecule has 0 bridgehead atoms. The molecule has 114 valence electrons. The number of hydrogen-bond acceptors (Lipinski definition) is 6. The molecule has 0 spiro atoms. The Balaban J connectivity index is 1.83. The van der Waals surface area contributed by atoms with Crippen LogP contribution < -0.4 is 15.4 Å². The number of methoxy groups -OCH3 is 1. The van der Waals surface area contributed by atoms with E-state index in [2.05, 4.69) is 20.8 Å². The topological polar surface area (TPSA) is 93.2 Å². The van der Waals surface area contributed by atoms with Crippen molar-refractivity contribution in [1.82, 2.24) is 10.2 Å². The van der Waals surface area contributed by atoms with Gasteiger partial charge in [-0.05, 0) is 42.9 Å². The fourth-order valence-electron chi connectivity index (χ4n) is 2.25. The summed E-state index contributed by atoms with van der Waals surface area (Å²) in [6.07, 6.45) is 0. The SMILES string of the molecule is COc1nnc(NC(=O)c2ccc3c(c2)NC(=O)C3(C)C)s1. The molecule has 2 heterocycles. The molecule has 0 fully saturated rings. The van der Waals surface area contributed by atoms with Crippen LogP contribution in [-0.4, -0.2) is 29.1 Å². The van der Waals surface area contributed by atoms with Crippen molar-refractivity contribution in [1.29, 1.82) is 0 Å². The van der Waals surface area contributed by atoms with Crippen molar-refractivity contribution < 1.29 is 14.3 Å². The summed E-state index contributed by atoms with van der Waals surface area (Å²) in [5.41, 5.74) is 1.40. The van der Waals surface area contributed by atoms with Gasteiger partial charge in [-0.15, -0.1) is 5.10 Å². The van der Waals surface area contributed by atoms with Crippen LogP contribution in [0.4, 0.5) is 10.8 Å². The first-order valence-corrected chi connectivity index (χ1v) is 7.38. The van der Waals surface area contributed by atoms with Crippen LogP contribution in [0.5, 0.6) is 5.19 Å². The fourth-order valence-corrected chi connectivity index (χ4v) is 2.80. The largest absolute Gasteiger partial charge is 0.472 e. The molecule has 22 heavy (non-hydrogen) atoms. The highest BCUT2D eigenvalue weighted by molar-refractivity contribution is 7.17. The average molecular weight is 318 g/mol. The second-order valence-corrected chi connectivity index (χ2v) is 6.31. The molecule has 1 aromatic carbocycles. The second-order valence-electron chi connectivity index (χ2n) is 5.37. The van der Waals surface area contributed by atoms with E-state index in [4.69, 9.17) is 4.74 Å². The van der Waals surface area contributed by atoms with E-state index in [0.717, 1.165) is 16.9 Å². The van der Waals surface area contributed by atoms with E-state index in [1.54, 1.807) is 18.2 Å². The summed E-state index contributed by atoms with van der Waals surface area (Å²) in [5.74, 6) is -0.394. The van der Waals surface area contributed by atoms with E-state index in [1.807, 2.05) is 13.8 Å². The summed E-state index contributed by atoms with van der Waals surface area (Å²) < 4.78 is 4.92. The summed E-state index contributed by atoms with van der Waals surface area (Å²) in [7, 11) is 1.48. The molecule has 2 N–H and O–H groups in total. The summed E-state index contributed by atoms with van der Waals surface area (Å²) in [5, 5.41) is 13.7. The molecular formula is C14H14N4O3S. The van der Waals surface area contributed by atoms with Gasteiger partial charge in [-0.1, -0.05) is 11.2 Å². The Morgan fingerprint density at radius 1 is 1.36 bits per heavy atom. The zero-order valence-electron chi connectivity index (χ0n) is 12.3. The normalized spacial score (nSPS) is 15.1. The van der Waals surface area contributed by atoms with Gasteiger partial charge in [0, 0.05) is 11.3 Å². The Kier molecular flexibility index (Phi) is 3.32. The number of benzene rings is 1. The summed E-state index contributed by atoms with van der Waals surface area (Å²) >= 11 is 1.14. The van der Waals surface area contributed by atoms with Crippen molar-refractivity contribution in [2.75, 3.05) is 17.7 Å². The lowest BCUT2D eigenvalue weighted by molar-refractivity contribution is -0.119. The number of amides is 2. The number of rotatable bonds is 3. The lowest BCUT2D eigenvalue weighted by Gasteiger charge is -2.14. The van der Waals surface area contributed by atoms with Crippen molar-refractivity contribution in [3.63, 3.8) is 0 Å². The molecule has 0 saturated carbocycles. The molecule has 2 amide bonds. The minimum atomic E-state index is -0.586. The van der Waals surface area contributed by atoms with Crippen LogP contribution in [0.2, 0.25) is 0 Å². The first-order valence-electron chi connectivity index (χ1n) is 6.56. The number of aromatic nitrogens is 2. The summed E-state index contributed by atoms with van der Waals surface area (Å²) in [6.45, 7) is 3.70. The van der Waals surface area contributed by atoms with Gasteiger partial charge in [0.25, 0.3) is 11.1 Å². The van der Waals surface area contributed by atoms with Crippen LogP contribution in [-0.2, 0) is 10.2 Å². The molecular weight excluding hydrogens is 304 g/mol. The van der Waals surface area contributed by atoms with Gasteiger partial charge in [0.05, 0.1) is 12.5 Å². The van der Waals surface area contributed by atoms with Crippen molar-refractivity contribution in [2.24, 2.45) is 0 Å². The molecule has 1 aromatic heterocycles. The van der Waals surface area contributed by atoms with E-state index in [0.29, 0.717) is 21.6 Å². The number of nitrogens with zero attached hydrogens (tertiary/aromatic N) is 2. The molecule has 0 aliphatic carbocycles. The number of nitrogens with one attached hydrogen (secondary N) is 2. The molecule has 2 aromatic rings. The minimum absolute atomic E-state index is 0.0751. The van der Waals surface area contributed by atoms with Crippen molar-refractivity contribution in [3.8, 4) is 5.19 Å². The Morgan fingerprint density at radius 3 is 2.82 bits per heavy atom. The van der Waals surface area contributed by atoms with Gasteiger partial charge >= 0.3 is 0 Å². The monoisotopic (exact) mass is 318 g/mol. The molecule has 0 saturated heterocycles. The van der Waals surface area contributed by atoms with Gasteiger partial charge in [0.2, 0.25) is 11.0 Å². The van der Waals surface area contributed by atoms with Crippen LogP contribution in [0.1, 0.15) is 29.8 Å². The first-order chi connectivity index (χ1) is 10.4. The van der Waals surface area contributed by atoms with Gasteiger partial charge in [0.15, 0.2) is 0 Å². The number of carbonyl (C=O) groups is 2. The molecule has 0 radical (unpaired) electrons. The quantitative estimate of drug-likeness (QED) is 0.903. The van der Waals surface area contributed by atoms with Crippen LogP contribution in [0, 0.1) is 0 Å². The number of fused-ring (bicyclic) bond motifs is 1. The summed E-state index contributed by atoms with van der Waals surface area (Å²) in [6, 6.07) is 5.15. The lowest BCUT2D eigenvalue weighted by atomic mass is 9.86. The maximum atomic E-state index is 12.2. The number of ether oxygens (including phenoxy) is 1. The molecule has 8 heteroatoms. The lowest BCUT2D eigenvalue weighted by Crippen LogP contribution is -2.26. The number of hydrogen-bond donors (Lipinski definition) is 2. The molecule has 7 nitrogen and oxygen atoms in total. The van der Waals surface area contributed by atoms with Crippen LogP contribution in [0.25, 0.3) is 0 Å². The maximum Gasteiger partial charge on any atom is 0.295 e. The van der Waals surface area contributed by atoms with Gasteiger partial charge in [-0.3, -0.25) is 14.9 Å². The Labute approximate surface area is 130 Å². The molecule has 1 aliphatic heterocycles. The predicted molar refractivity (Wildman–Crippen MR) is 82.5 cm³/mol. The smallest absolute Gasteiger partial charge is 0.295 e. The highest BCUT2D eigenvalue weighted by Gasteiger charge is 2.38. The van der Waals surface area contributed by atoms with E-state index in [-0.39, 0.29) is 11.8 Å². The third kappa shape index (κ3) is 2.31. The Hall–Kier alpha value is -2.48. The number of carbonyl (C=O) groups excluding carboxylic acids is 2.